The van der Waals surface area contributed by atoms with Gasteiger partial charge in [0.2, 0.25) is 0 Å². The van der Waals surface area contributed by atoms with Crippen LogP contribution in [0.4, 0.5) is 0 Å². The first-order valence-corrected chi connectivity index (χ1v) is 4.35. The lowest BCUT2D eigenvalue weighted by Gasteiger charge is -2.29. The maximum absolute atomic E-state index is 9.42. The number of aliphatic hydroxyl groups excluding tert-OH is 1. The maximum Gasteiger partial charge on any atom is 0.0715 e. The summed E-state index contributed by atoms with van der Waals surface area (Å²) < 4.78 is 0. The van der Waals surface area contributed by atoms with E-state index in [4.69, 9.17) is 5.11 Å². The van der Waals surface area contributed by atoms with Crippen LogP contribution in [0.3, 0.4) is 0 Å². The largest absolute Gasteiger partial charge is 0.396 e. The van der Waals surface area contributed by atoms with Gasteiger partial charge in [-0.3, -0.25) is 0 Å². The average Bonchev–Trinajstić information content (AvgIpc) is 1.83. The molecule has 0 heterocycles. The highest BCUT2D eigenvalue weighted by atomic mass is 16.3. The molecule has 3 heteroatoms. The Morgan fingerprint density at radius 1 is 1.17 bits per heavy atom. The van der Waals surface area contributed by atoms with Crippen molar-refractivity contribution in [3.8, 4) is 0 Å². The predicted molar refractivity (Wildman–Crippen MR) is 50.1 cm³/mol. The van der Waals surface area contributed by atoms with Gasteiger partial charge in [0.05, 0.1) is 5.60 Å². The van der Waals surface area contributed by atoms with Crippen molar-refractivity contribution in [2.24, 2.45) is 0 Å². The van der Waals surface area contributed by atoms with Crippen molar-refractivity contribution in [3.05, 3.63) is 0 Å². The molecule has 3 nitrogen and oxygen atoms in total. The summed E-state index contributed by atoms with van der Waals surface area (Å²) in [4.78, 5) is 0. The number of β-amino-alcohol motifs (C(OH)–C–C–N with tert-alkyl or cyclic N) is 1. The zero-order valence-corrected chi connectivity index (χ0v) is 8.52. The van der Waals surface area contributed by atoms with E-state index in [1.807, 2.05) is 13.8 Å². The molecule has 0 radical (unpaired) electrons. The minimum atomic E-state index is -0.688. The summed E-state index contributed by atoms with van der Waals surface area (Å²) in [5.74, 6) is 0. The van der Waals surface area contributed by atoms with Crippen molar-refractivity contribution in [1.29, 1.82) is 0 Å². The number of hydrogen-bond donors (Lipinski definition) is 3. The average molecular weight is 175 g/mol. The zero-order valence-electron chi connectivity index (χ0n) is 8.52. The van der Waals surface area contributed by atoms with Crippen LogP contribution in [0.5, 0.6) is 0 Å². The molecule has 0 aromatic heterocycles. The molecule has 0 aliphatic heterocycles. The van der Waals surface area contributed by atoms with Crippen LogP contribution in [-0.2, 0) is 0 Å². The maximum atomic E-state index is 9.42. The Labute approximate surface area is 74.8 Å². The van der Waals surface area contributed by atoms with E-state index in [0.717, 1.165) is 0 Å². The van der Waals surface area contributed by atoms with Crippen LogP contribution < -0.4 is 5.32 Å². The normalized spacial score (nSPS) is 13.5. The smallest absolute Gasteiger partial charge is 0.0715 e. The van der Waals surface area contributed by atoms with Crippen LogP contribution >= 0.6 is 0 Å². The summed E-state index contributed by atoms with van der Waals surface area (Å²) in [5.41, 5.74) is -0.790. The lowest BCUT2D eigenvalue weighted by molar-refractivity contribution is 0.0684. The first-order valence-electron chi connectivity index (χ1n) is 4.35. The fourth-order valence-electron chi connectivity index (χ4n) is 0.823. The third-order valence-corrected chi connectivity index (χ3v) is 1.74. The van der Waals surface area contributed by atoms with Gasteiger partial charge >= 0.3 is 0 Å². The Hall–Kier alpha value is -0.120. The Morgan fingerprint density at radius 3 is 2.00 bits per heavy atom. The van der Waals surface area contributed by atoms with Crippen LogP contribution in [0.15, 0.2) is 0 Å². The second-order valence-electron chi connectivity index (χ2n) is 4.52. The van der Waals surface area contributed by atoms with Gasteiger partial charge in [-0.2, -0.15) is 0 Å². The number of hydrogen-bond acceptors (Lipinski definition) is 3. The molecule has 0 amide bonds. The van der Waals surface area contributed by atoms with Crippen LogP contribution in [0.25, 0.3) is 0 Å². The summed E-state index contributed by atoms with van der Waals surface area (Å²) in [6.45, 7) is 8.25. The van der Waals surface area contributed by atoms with Gasteiger partial charge in [0.25, 0.3) is 0 Å². The highest BCUT2D eigenvalue weighted by Gasteiger charge is 2.20. The Kier molecular flexibility index (Phi) is 4.17. The Bertz CT molecular complexity index is 127. The summed E-state index contributed by atoms with van der Waals surface area (Å²) >= 11 is 0. The standard InChI is InChI=1S/C9H21NO2/c1-8(2,5-6-11)10-7-9(3,4)12/h10-12H,5-7H2,1-4H3. The van der Waals surface area contributed by atoms with Gasteiger partial charge in [-0.25, -0.2) is 0 Å². The van der Waals surface area contributed by atoms with Gasteiger partial charge in [0.15, 0.2) is 0 Å². The fraction of sp³-hybridized carbons (Fsp3) is 1.00. The zero-order chi connectivity index (χ0) is 9.83. The van der Waals surface area contributed by atoms with E-state index in [1.54, 1.807) is 13.8 Å². The molecule has 0 saturated carbocycles. The monoisotopic (exact) mass is 175 g/mol. The molecule has 0 atom stereocenters. The second kappa shape index (κ2) is 4.21. The van der Waals surface area contributed by atoms with E-state index in [1.165, 1.54) is 0 Å². The van der Waals surface area contributed by atoms with Gasteiger partial charge in [-0.15, -0.1) is 0 Å². The van der Waals surface area contributed by atoms with Gasteiger partial charge in [-0.1, -0.05) is 0 Å². The molecular weight excluding hydrogens is 154 g/mol. The van der Waals surface area contributed by atoms with Crippen molar-refractivity contribution < 1.29 is 10.2 Å². The Balaban J connectivity index is 3.75. The predicted octanol–water partition coefficient (Wildman–Crippen LogP) is 0.508. The molecule has 0 saturated heterocycles. The Morgan fingerprint density at radius 2 is 1.67 bits per heavy atom. The van der Waals surface area contributed by atoms with Gasteiger partial charge in [0.1, 0.15) is 0 Å². The van der Waals surface area contributed by atoms with Crippen molar-refractivity contribution in [2.75, 3.05) is 13.2 Å². The van der Waals surface area contributed by atoms with Crippen LogP contribution in [0.1, 0.15) is 34.1 Å². The molecule has 0 spiro atoms. The van der Waals surface area contributed by atoms with E-state index >= 15 is 0 Å². The van der Waals surface area contributed by atoms with Crippen molar-refractivity contribution in [1.82, 2.24) is 5.32 Å². The summed E-state index contributed by atoms with van der Waals surface area (Å²) in [7, 11) is 0. The summed E-state index contributed by atoms with van der Waals surface area (Å²) in [6, 6.07) is 0. The quantitative estimate of drug-likeness (QED) is 0.570. The molecule has 0 aromatic rings. The summed E-state index contributed by atoms with van der Waals surface area (Å²) in [5, 5.41) is 21.3. The molecule has 0 bridgehead atoms. The van der Waals surface area contributed by atoms with E-state index in [0.29, 0.717) is 13.0 Å². The first-order chi connectivity index (χ1) is 5.27. The molecule has 3 N–H and O–H groups in total. The molecule has 0 aliphatic carbocycles. The first kappa shape index (κ1) is 11.9. The van der Waals surface area contributed by atoms with Crippen molar-refractivity contribution >= 4 is 0 Å². The molecule has 0 aliphatic rings. The minimum Gasteiger partial charge on any atom is -0.396 e. The topological polar surface area (TPSA) is 52.5 Å². The van der Waals surface area contributed by atoms with Crippen LogP contribution in [0, 0.1) is 0 Å². The van der Waals surface area contributed by atoms with E-state index in [2.05, 4.69) is 5.32 Å². The molecule has 74 valence electrons. The molecule has 0 aromatic carbocycles. The molecule has 12 heavy (non-hydrogen) atoms. The number of rotatable bonds is 5. The number of nitrogens with one attached hydrogen (secondary N) is 1. The lowest BCUT2D eigenvalue weighted by Crippen LogP contribution is -2.47. The van der Waals surface area contributed by atoms with Gasteiger partial charge in [-0.05, 0) is 34.1 Å². The van der Waals surface area contributed by atoms with Gasteiger partial charge in [0, 0.05) is 18.7 Å². The SMILES string of the molecule is CC(C)(O)CNC(C)(C)CCO. The molecule has 0 rings (SSSR count). The lowest BCUT2D eigenvalue weighted by atomic mass is 9.99. The number of aliphatic hydroxyl groups is 2. The second-order valence-corrected chi connectivity index (χ2v) is 4.52. The molecular formula is C9H21NO2. The van der Waals surface area contributed by atoms with Crippen LogP contribution in [0.2, 0.25) is 0 Å². The molecule has 0 fully saturated rings. The summed E-state index contributed by atoms with van der Waals surface area (Å²) in [6.07, 6.45) is 0.698. The fourth-order valence-corrected chi connectivity index (χ4v) is 0.823. The van der Waals surface area contributed by atoms with E-state index in [-0.39, 0.29) is 12.1 Å². The van der Waals surface area contributed by atoms with Crippen LogP contribution in [-0.4, -0.2) is 34.5 Å². The third kappa shape index (κ3) is 6.58. The highest BCUT2D eigenvalue weighted by Crippen LogP contribution is 2.09. The van der Waals surface area contributed by atoms with Gasteiger partial charge < -0.3 is 15.5 Å². The van der Waals surface area contributed by atoms with Crippen molar-refractivity contribution in [3.63, 3.8) is 0 Å². The van der Waals surface area contributed by atoms with E-state index < -0.39 is 5.60 Å². The van der Waals surface area contributed by atoms with Crippen molar-refractivity contribution in [2.45, 2.75) is 45.3 Å². The highest BCUT2D eigenvalue weighted by molar-refractivity contribution is 4.80. The minimum absolute atomic E-state index is 0.102. The third-order valence-electron chi connectivity index (χ3n) is 1.74. The molecule has 0 unspecified atom stereocenters. The van der Waals surface area contributed by atoms with E-state index in [9.17, 15) is 5.11 Å².